The molecular formula is C12H8FeN2-6. The van der Waals surface area contributed by atoms with E-state index < -0.39 is 0 Å². The van der Waals surface area contributed by atoms with Gasteiger partial charge in [0.1, 0.15) is 0 Å². The maximum absolute atomic E-state index is 8.18. The second kappa shape index (κ2) is 7.59. The monoisotopic (exact) mass is 236 g/mol. The van der Waals surface area contributed by atoms with E-state index >= 15 is 0 Å². The van der Waals surface area contributed by atoms with Crippen molar-refractivity contribution in [1.29, 1.82) is 10.5 Å². The van der Waals surface area contributed by atoms with Crippen molar-refractivity contribution < 1.29 is 17.1 Å². The average molecular weight is 236 g/mol. The fourth-order valence-corrected chi connectivity index (χ4v) is 0.897. The second-order valence-corrected chi connectivity index (χ2v) is 2.57. The first-order valence-electron chi connectivity index (χ1n) is 4.10. The van der Waals surface area contributed by atoms with Crippen LogP contribution < -0.4 is 0 Å². The Labute approximate surface area is 99.6 Å². The summed E-state index contributed by atoms with van der Waals surface area (Å²) in [4.78, 5) is 0. The number of rotatable bonds is 0. The first-order chi connectivity index (χ1) is 6.86. The minimum absolute atomic E-state index is 0. The van der Waals surface area contributed by atoms with Crippen LogP contribution in [0.5, 0.6) is 0 Å². The van der Waals surface area contributed by atoms with Crippen LogP contribution in [0.15, 0.2) is 48.5 Å². The molecule has 0 heterocycles. The van der Waals surface area contributed by atoms with Crippen LogP contribution in [-0.2, 0) is 17.1 Å². The van der Waals surface area contributed by atoms with E-state index in [1.807, 2.05) is 36.4 Å². The first-order valence-corrected chi connectivity index (χ1v) is 4.10. The van der Waals surface area contributed by atoms with Crippen LogP contribution in [0.2, 0.25) is 0 Å². The van der Waals surface area contributed by atoms with Gasteiger partial charge in [-0.05, 0) is 0 Å². The molecule has 0 saturated carbocycles. The van der Waals surface area contributed by atoms with Gasteiger partial charge in [-0.1, -0.05) is 5.56 Å². The van der Waals surface area contributed by atoms with Gasteiger partial charge in [-0.15, -0.1) is 0 Å². The summed E-state index contributed by atoms with van der Waals surface area (Å²) >= 11 is 0. The van der Waals surface area contributed by atoms with E-state index in [2.05, 4.69) is 0 Å². The van der Waals surface area contributed by atoms with Crippen molar-refractivity contribution in [2.75, 3.05) is 0 Å². The molecule has 80 valence electrons. The van der Waals surface area contributed by atoms with Crippen LogP contribution >= 0.6 is 0 Å². The molecule has 2 aromatic carbocycles. The van der Waals surface area contributed by atoms with E-state index in [1.165, 1.54) is 0 Å². The molecule has 0 radical (unpaired) electrons. The molecule has 0 aliphatic rings. The second-order valence-electron chi connectivity index (χ2n) is 2.57. The molecule has 0 spiro atoms. The van der Waals surface area contributed by atoms with Crippen LogP contribution in [0, 0.1) is 22.7 Å². The summed E-state index contributed by atoms with van der Waals surface area (Å²) in [6.45, 7) is 0. The minimum atomic E-state index is 0. The maximum Gasteiger partial charge on any atom is 0.0307 e. The van der Waals surface area contributed by atoms with E-state index in [0.29, 0.717) is 0 Å². The van der Waals surface area contributed by atoms with Gasteiger partial charge in [-0.3, -0.25) is 0 Å². The Morgan fingerprint density at radius 1 is 0.933 bits per heavy atom. The standard InChI is InChI=1S/2C6H4N.Fe/c2*7-5-6-3-1-2-4-6;/h2*1-4H;/q-5;-1;. The van der Waals surface area contributed by atoms with Gasteiger partial charge in [0.2, 0.25) is 0 Å². The molecule has 0 unspecified atom stereocenters. The quantitative estimate of drug-likeness (QED) is 0.521. The molecule has 0 amide bonds. The van der Waals surface area contributed by atoms with Crippen molar-refractivity contribution >= 4 is 0 Å². The van der Waals surface area contributed by atoms with Gasteiger partial charge >= 0.3 is 0 Å². The Bertz CT molecular complexity index is 383. The van der Waals surface area contributed by atoms with E-state index in [-0.39, 0.29) is 17.1 Å². The third-order valence-corrected chi connectivity index (χ3v) is 1.58. The van der Waals surface area contributed by atoms with Crippen LogP contribution in [0.25, 0.3) is 0 Å². The van der Waals surface area contributed by atoms with Crippen molar-refractivity contribution in [2.45, 2.75) is 0 Å². The molecule has 0 aliphatic carbocycles. The Kier molecular flexibility index (Phi) is 6.68. The third-order valence-electron chi connectivity index (χ3n) is 1.58. The summed E-state index contributed by atoms with van der Waals surface area (Å²) in [7, 11) is 0. The molecule has 0 bridgehead atoms. The van der Waals surface area contributed by atoms with Crippen LogP contribution in [-0.4, -0.2) is 0 Å². The molecular weight excluding hydrogens is 228 g/mol. The molecule has 0 aliphatic heterocycles. The number of hydrogen-bond donors (Lipinski definition) is 0. The van der Waals surface area contributed by atoms with Crippen LogP contribution in [0.4, 0.5) is 0 Å². The Balaban J connectivity index is 0.000000245. The number of nitrogens with zero attached hydrogens (tertiary/aromatic N) is 2. The summed E-state index contributed by atoms with van der Waals surface area (Å²) in [5, 5.41) is 16.4. The number of nitriles is 2. The molecule has 0 aromatic heterocycles. The molecule has 0 atom stereocenters. The summed E-state index contributed by atoms with van der Waals surface area (Å²) in [6.07, 6.45) is 0. The summed E-state index contributed by atoms with van der Waals surface area (Å²) in [6, 6.07) is 18.5. The minimum Gasteiger partial charge on any atom is -0.714 e. The molecule has 15 heavy (non-hydrogen) atoms. The molecule has 0 fully saturated rings. The Morgan fingerprint density at radius 2 is 1.47 bits per heavy atom. The van der Waals surface area contributed by atoms with E-state index in [1.54, 1.807) is 24.3 Å². The first kappa shape index (κ1) is 13.2. The van der Waals surface area contributed by atoms with Gasteiger partial charge in [0.15, 0.2) is 0 Å². The molecule has 2 nitrogen and oxygen atoms in total. The summed E-state index contributed by atoms with van der Waals surface area (Å²) in [5.74, 6) is 0. The largest absolute Gasteiger partial charge is 0.714 e. The van der Waals surface area contributed by atoms with Crippen molar-refractivity contribution in [3.05, 3.63) is 59.7 Å². The van der Waals surface area contributed by atoms with Crippen molar-refractivity contribution in [1.82, 2.24) is 0 Å². The van der Waals surface area contributed by atoms with E-state index in [4.69, 9.17) is 10.5 Å². The van der Waals surface area contributed by atoms with Gasteiger partial charge < -0.3 is 41.2 Å². The van der Waals surface area contributed by atoms with Gasteiger partial charge in [0, 0.05) is 23.1 Å². The molecule has 0 N–H and O–H groups in total. The average Bonchev–Trinajstić information content (AvgIpc) is 2.92. The zero-order chi connectivity index (χ0) is 10.2. The maximum atomic E-state index is 8.18. The zero-order valence-corrected chi connectivity index (χ0v) is 8.97. The van der Waals surface area contributed by atoms with Gasteiger partial charge in [-0.2, -0.15) is 12.1 Å². The predicted molar refractivity (Wildman–Crippen MR) is 53.5 cm³/mol. The SMILES string of the molecule is N#C[c-]1[cH-][cH-][cH-][cH-]1.N#C[c-]1cccc1.[Fe]. The predicted octanol–water partition coefficient (Wildman–Crippen LogP) is 2.55. The fraction of sp³-hybridized carbons (Fsp3) is 0. The molecule has 3 heteroatoms. The van der Waals surface area contributed by atoms with Crippen LogP contribution in [0.3, 0.4) is 0 Å². The zero-order valence-electron chi connectivity index (χ0n) is 7.87. The normalized spacial score (nSPS) is 7.33. The summed E-state index contributed by atoms with van der Waals surface area (Å²) < 4.78 is 0. The third kappa shape index (κ3) is 4.84. The Morgan fingerprint density at radius 3 is 1.73 bits per heavy atom. The van der Waals surface area contributed by atoms with Crippen molar-refractivity contribution in [3.8, 4) is 12.1 Å². The van der Waals surface area contributed by atoms with E-state index in [0.717, 1.165) is 11.1 Å². The van der Waals surface area contributed by atoms with Crippen LogP contribution in [0.1, 0.15) is 11.1 Å². The van der Waals surface area contributed by atoms with Gasteiger partial charge in [-0.25, -0.2) is 17.4 Å². The Hall–Kier alpha value is -1.80. The molecule has 0 saturated heterocycles. The topological polar surface area (TPSA) is 47.6 Å². The smallest absolute Gasteiger partial charge is 0.0307 e. The summed E-state index contributed by atoms with van der Waals surface area (Å²) in [5.41, 5.74) is 1.47. The van der Waals surface area contributed by atoms with Crippen molar-refractivity contribution in [2.24, 2.45) is 0 Å². The van der Waals surface area contributed by atoms with E-state index in [9.17, 15) is 0 Å². The fourth-order valence-electron chi connectivity index (χ4n) is 0.897. The van der Waals surface area contributed by atoms with Crippen molar-refractivity contribution in [3.63, 3.8) is 0 Å². The molecule has 2 rings (SSSR count). The molecule has 2 aromatic rings. The number of hydrogen-bond acceptors (Lipinski definition) is 2. The van der Waals surface area contributed by atoms with Gasteiger partial charge in [0.05, 0.1) is 0 Å². The van der Waals surface area contributed by atoms with Gasteiger partial charge in [0.25, 0.3) is 0 Å².